The first kappa shape index (κ1) is 19.7. The summed E-state index contributed by atoms with van der Waals surface area (Å²) >= 11 is 1.50. The predicted molar refractivity (Wildman–Crippen MR) is 97.2 cm³/mol. The zero-order valence-corrected chi connectivity index (χ0v) is 15.6. The molecule has 0 saturated carbocycles. The second-order valence-corrected chi connectivity index (χ2v) is 6.47. The van der Waals surface area contributed by atoms with Gasteiger partial charge in [0.25, 0.3) is 11.5 Å². The number of aromatic amines is 1. The molecule has 0 aliphatic carbocycles. The molecule has 3 heterocycles. The van der Waals surface area contributed by atoms with Gasteiger partial charge in [-0.05, 0) is 13.5 Å². The van der Waals surface area contributed by atoms with Crippen molar-refractivity contribution in [3.8, 4) is 0 Å². The lowest BCUT2D eigenvalue weighted by atomic mass is 10.4. The molecule has 0 atom stereocenters. The summed E-state index contributed by atoms with van der Waals surface area (Å²) in [6.07, 6.45) is 0.693. The highest BCUT2D eigenvalue weighted by Gasteiger charge is 2.10. The lowest BCUT2D eigenvalue weighted by molar-refractivity contribution is -0.134. The molecule has 3 aromatic heterocycles. The van der Waals surface area contributed by atoms with E-state index < -0.39 is 5.97 Å². The van der Waals surface area contributed by atoms with Crippen molar-refractivity contribution in [3.05, 3.63) is 39.7 Å². The van der Waals surface area contributed by atoms with Crippen LogP contribution in [0.5, 0.6) is 0 Å². The van der Waals surface area contributed by atoms with Crippen molar-refractivity contribution in [1.29, 1.82) is 0 Å². The SMILES string of the molecule is CC(=O)O.Cc1cc2nc(CSc3nnc(CCN)n3C)cc(=O)n2[nH]1. The van der Waals surface area contributed by atoms with Crippen molar-refractivity contribution >= 4 is 23.4 Å². The summed E-state index contributed by atoms with van der Waals surface area (Å²) in [6.45, 7) is 3.51. The van der Waals surface area contributed by atoms with Crippen LogP contribution in [-0.4, -0.2) is 47.0 Å². The van der Waals surface area contributed by atoms with E-state index in [1.165, 1.54) is 22.3 Å². The fourth-order valence-electron chi connectivity index (χ4n) is 2.19. The van der Waals surface area contributed by atoms with Crippen molar-refractivity contribution in [3.63, 3.8) is 0 Å². The molecule has 11 heteroatoms. The van der Waals surface area contributed by atoms with E-state index in [-0.39, 0.29) is 5.56 Å². The van der Waals surface area contributed by atoms with Crippen molar-refractivity contribution in [1.82, 2.24) is 29.4 Å². The molecule has 10 nitrogen and oxygen atoms in total. The van der Waals surface area contributed by atoms with E-state index >= 15 is 0 Å². The molecule has 0 fully saturated rings. The summed E-state index contributed by atoms with van der Waals surface area (Å²) < 4.78 is 3.36. The van der Waals surface area contributed by atoms with Gasteiger partial charge in [-0.2, -0.15) is 0 Å². The lowest BCUT2D eigenvalue weighted by Crippen LogP contribution is -2.15. The average molecular weight is 379 g/mol. The molecule has 4 N–H and O–H groups in total. The zero-order chi connectivity index (χ0) is 19.3. The maximum Gasteiger partial charge on any atom is 0.300 e. The van der Waals surface area contributed by atoms with Gasteiger partial charge < -0.3 is 15.4 Å². The largest absolute Gasteiger partial charge is 0.481 e. The Morgan fingerprint density at radius 1 is 1.38 bits per heavy atom. The molecule has 0 spiro atoms. The monoisotopic (exact) mass is 379 g/mol. The first-order valence-electron chi connectivity index (χ1n) is 7.80. The van der Waals surface area contributed by atoms with Crippen LogP contribution in [0.25, 0.3) is 5.65 Å². The van der Waals surface area contributed by atoms with Crippen molar-refractivity contribution in [2.45, 2.75) is 31.2 Å². The van der Waals surface area contributed by atoms with Gasteiger partial charge in [-0.3, -0.25) is 14.7 Å². The molecule has 0 radical (unpaired) electrons. The number of carboxylic acids is 1. The number of carbonyl (C=O) groups is 1. The Bertz CT molecular complexity index is 956. The van der Waals surface area contributed by atoms with E-state index in [9.17, 15) is 4.79 Å². The number of aryl methyl sites for hydroxylation is 1. The maximum atomic E-state index is 12.0. The number of aliphatic carboxylic acids is 1. The maximum absolute atomic E-state index is 12.0. The van der Waals surface area contributed by atoms with Crippen LogP contribution < -0.4 is 11.3 Å². The minimum Gasteiger partial charge on any atom is -0.481 e. The summed E-state index contributed by atoms with van der Waals surface area (Å²) in [7, 11) is 1.91. The minimum atomic E-state index is -0.833. The number of H-pyrrole nitrogens is 1. The summed E-state index contributed by atoms with van der Waals surface area (Å²) in [5, 5.41) is 19.4. The highest BCUT2D eigenvalue weighted by atomic mass is 32.2. The van der Waals surface area contributed by atoms with E-state index in [0.717, 1.165) is 29.3 Å². The standard InChI is InChI=1S/C13H17N7OS.C2H4O2/c1-8-5-11-15-9(6-12(21)20(11)18-8)7-22-13-17-16-10(3-4-14)19(13)2;1-2(3)4/h5-6,18H,3-4,7,14H2,1-2H3;1H3,(H,3,4). The van der Waals surface area contributed by atoms with Gasteiger partial charge in [0.1, 0.15) is 5.82 Å². The number of nitrogens with one attached hydrogen (secondary N) is 1. The molecule has 0 bridgehead atoms. The Morgan fingerprint density at radius 3 is 2.73 bits per heavy atom. The van der Waals surface area contributed by atoms with Crippen LogP contribution in [0.2, 0.25) is 0 Å². The number of aromatic nitrogens is 6. The van der Waals surface area contributed by atoms with Crippen LogP contribution in [0.3, 0.4) is 0 Å². The van der Waals surface area contributed by atoms with E-state index in [0.29, 0.717) is 24.4 Å². The Morgan fingerprint density at radius 2 is 2.08 bits per heavy atom. The number of hydrogen-bond acceptors (Lipinski definition) is 7. The lowest BCUT2D eigenvalue weighted by Gasteiger charge is -2.03. The number of fused-ring (bicyclic) bond motifs is 1. The molecule has 0 aliphatic heterocycles. The third-order valence-electron chi connectivity index (χ3n) is 3.27. The van der Waals surface area contributed by atoms with Gasteiger partial charge in [-0.25, -0.2) is 9.50 Å². The summed E-state index contributed by atoms with van der Waals surface area (Å²) in [4.78, 5) is 25.5. The number of carboxylic acid groups (broad SMARTS) is 1. The fraction of sp³-hybridized carbons (Fsp3) is 0.400. The third-order valence-corrected chi connectivity index (χ3v) is 4.33. The van der Waals surface area contributed by atoms with Crippen molar-refractivity contribution < 1.29 is 9.90 Å². The van der Waals surface area contributed by atoms with Gasteiger partial charge in [-0.15, -0.1) is 10.2 Å². The molecule has 0 amide bonds. The van der Waals surface area contributed by atoms with E-state index in [2.05, 4.69) is 20.3 Å². The van der Waals surface area contributed by atoms with Gasteiger partial charge >= 0.3 is 0 Å². The molecule has 3 rings (SSSR count). The number of thioether (sulfide) groups is 1. The van der Waals surface area contributed by atoms with E-state index in [1.807, 2.05) is 24.6 Å². The second kappa shape index (κ2) is 8.63. The van der Waals surface area contributed by atoms with E-state index in [4.69, 9.17) is 15.6 Å². The highest BCUT2D eigenvalue weighted by molar-refractivity contribution is 7.98. The molecular weight excluding hydrogens is 358 g/mol. The Labute approximate surface area is 153 Å². The molecule has 0 aliphatic rings. The molecule has 0 aromatic carbocycles. The number of nitrogens with zero attached hydrogens (tertiary/aromatic N) is 5. The van der Waals surface area contributed by atoms with Crippen molar-refractivity contribution in [2.75, 3.05) is 6.54 Å². The van der Waals surface area contributed by atoms with Crippen LogP contribution in [-0.2, 0) is 24.0 Å². The number of hydrogen-bond donors (Lipinski definition) is 3. The van der Waals surface area contributed by atoms with E-state index in [1.54, 1.807) is 0 Å². The zero-order valence-electron chi connectivity index (χ0n) is 14.8. The summed E-state index contributed by atoms with van der Waals surface area (Å²) in [6, 6.07) is 3.38. The van der Waals surface area contributed by atoms with Gasteiger partial charge in [0.2, 0.25) is 0 Å². The first-order valence-corrected chi connectivity index (χ1v) is 8.79. The van der Waals surface area contributed by atoms with Crippen LogP contribution in [0.15, 0.2) is 22.1 Å². The van der Waals surface area contributed by atoms with Gasteiger partial charge in [0.05, 0.1) is 5.69 Å². The second-order valence-electron chi connectivity index (χ2n) is 5.52. The normalized spacial score (nSPS) is 10.6. The van der Waals surface area contributed by atoms with Crippen LogP contribution >= 0.6 is 11.8 Å². The first-order chi connectivity index (χ1) is 12.3. The van der Waals surface area contributed by atoms with Gasteiger partial charge in [-0.1, -0.05) is 11.8 Å². The molecule has 0 unspecified atom stereocenters. The Kier molecular flexibility index (Phi) is 6.52. The number of nitrogens with two attached hydrogens (primary N) is 1. The van der Waals surface area contributed by atoms with Gasteiger partial charge in [0.15, 0.2) is 10.8 Å². The molecule has 140 valence electrons. The Balaban J connectivity index is 0.000000552. The molecule has 0 saturated heterocycles. The Hall–Kier alpha value is -2.66. The summed E-state index contributed by atoms with van der Waals surface area (Å²) in [5.41, 5.74) is 7.67. The van der Waals surface area contributed by atoms with Crippen molar-refractivity contribution in [2.24, 2.45) is 12.8 Å². The van der Waals surface area contributed by atoms with Crippen LogP contribution in [0.1, 0.15) is 24.1 Å². The average Bonchev–Trinajstić information content (AvgIpc) is 3.09. The predicted octanol–water partition coefficient (Wildman–Crippen LogP) is 0.344. The summed E-state index contributed by atoms with van der Waals surface area (Å²) in [5.74, 6) is 0.583. The third kappa shape index (κ3) is 4.92. The smallest absolute Gasteiger partial charge is 0.300 e. The quantitative estimate of drug-likeness (QED) is 0.538. The fourth-order valence-corrected chi connectivity index (χ4v) is 3.01. The molecule has 26 heavy (non-hydrogen) atoms. The molecular formula is C15H21N7O3S. The van der Waals surface area contributed by atoms with Crippen LogP contribution in [0.4, 0.5) is 0 Å². The van der Waals surface area contributed by atoms with Gasteiger partial charge in [0, 0.05) is 44.0 Å². The number of rotatable bonds is 5. The molecule has 3 aromatic rings. The highest BCUT2D eigenvalue weighted by Crippen LogP contribution is 2.20. The topological polar surface area (TPSA) is 144 Å². The minimum absolute atomic E-state index is 0.115. The van der Waals surface area contributed by atoms with Crippen LogP contribution in [0, 0.1) is 6.92 Å².